The molecule has 1 amide bonds. The zero-order valence-electron chi connectivity index (χ0n) is 22.3. The van der Waals surface area contributed by atoms with Gasteiger partial charge in [-0.1, -0.05) is 43.2 Å². The molecule has 4 aromatic rings. The highest BCUT2D eigenvalue weighted by Crippen LogP contribution is 2.33. The highest BCUT2D eigenvalue weighted by atomic mass is 16.6. The maximum Gasteiger partial charge on any atom is 0.419 e. The summed E-state index contributed by atoms with van der Waals surface area (Å²) in [5.41, 5.74) is 12.7. The molecule has 3 N–H and O–H groups in total. The van der Waals surface area contributed by atoms with Crippen LogP contribution in [0, 0.1) is 5.92 Å². The van der Waals surface area contributed by atoms with Crippen LogP contribution in [0.15, 0.2) is 72.8 Å². The lowest BCUT2D eigenvalue weighted by Gasteiger charge is -2.29. The summed E-state index contributed by atoms with van der Waals surface area (Å²) in [6, 6.07) is 23.9. The third kappa shape index (κ3) is 5.62. The van der Waals surface area contributed by atoms with Crippen molar-refractivity contribution in [2.45, 2.75) is 25.7 Å². The fourth-order valence-electron chi connectivity index (χ4n) is 5.53. The maximum atomic E-state index is 12.3. The number of nitrogens with two attached hydrogens (primary N) is 1. The molecule has 1 aromatic heterocycles. The van der Waals surface area contributed by atoms with E-state index >= 15 is 0 Å². The Balaban J connectivity index is 1.21. The summed E-state index contributed by atoms with van der Waals surface area (Å²) in [6.07, 6.45) is 2.81. The number of carbonyl (C=O) groups is 2. The second kappa shape index (κ2) is 11.4. The first-order valence-electron chi connectivity index (χ1n) is 13.8. The standard InChI is InChI=1S/C32H32N4O4/c33-30-28(21-8-11-27(12-9-21)36-14-16-39-17-15-36)20-25-18-24(10-13-29(25)35-30)23-6-3-7-26(19-23)34-32(38)40-31(37)22-4-1-2-5-22/h3,6-13,18-20,22H,1-2,4-5,14-17H2,(H2,33,35)(H,34,38). The lowest BCUT2D eigenvalue weighted by Crippen LogP contribution is -2.36. The maximum absolute atomic E-state index is 12.3. The normalized spacial score (nSPS) is 15.8. The summed E-state index contributed by atoms with van der Waals surface area (Å²) in [7, 11) is 0. The average molecular weight is 537 g/mol. The van der Waals surface area contributed by atoms with Crippen LogP contribution in [-0.2, 0) is 14.3 Å². The number of nitrogen functional groups attached to an aromatic ring is 1. The number of nitrogens with zero attached hydrogens (tertiary/aromatic N) is 2. The minimum absolute atomic E-state index is 0.176. The van der Waals surface area contributed by atoms with Crippen LogP contribution in [0.3, 0.4) is 0 Å². The summed E-state index contributed by atoms with van der Waals surface area (Å²) < 4.78 is 10.5. The summed E-state index contributed by atoms with van der Waals surface area (Å²) in [5, 5.41) is 3.65. The molecule has 6 rings (SSSR count). The summed E-state index contributed by atoms with van der Waals surface area (Å²) in [4.78, 5) is 31.5. The lowest BCUT2D eigenvalue weighted by molar-refractivity contribution is -0.141. The van der Waals surface area contributed by atoms with Crippen LogP contribution in [0.25, 0.3) is 33.2 Å². The van der Waals surface area contributed by atoms with Gasteiger partial charge in [-0.3, -0.25) is 10.1 Å². The number of amides is 1. The third-order valence-corrected chi connectivity index (χ3v) is 7.72. The number of nitrogens with one attached hydrogen (secondary N) is 1. The van der Waals surface area contributed by atoms with E-state index in [0.29, 0.717) is 11.5 Å². The molecule has 0 spiro atoms. The van der Waals surface area contributed by atoms with E-state index in [9.17, 15) is 9.59 Å². The number of rotatable bonds is 5. The fraction of sp³-hybridized carbons (Fsp3) is 0.281. The van der Waals surface area contributed by atoms with Gasteiger partial charge in [-0.05, 0) is 72.0 Å². The van der Waals surface area contributed by atoms with Crippen LogP contribution < -0.4 is 16.0 Å². The van der Waals surface area contributed by atoms with Gasteiger partial charge in [0.1, 0.15) is 5.82 Å². The van der Waals surface area contributed by atoms with Crippen molar-refractivity contribution >= 4 is 40.2 Å². The number of aromatic nitrogens is 1. The van der Waals surface area contributed by atoms with Crippen LogP contribution in [0.2, 0.25) is 0 Å². The van der Waals surface area contributed by atoms with Gasteiger partial charge < -0.3 is 20.1 Å². The predicted octanol–water partition coefficient (Wildman–Crippen LogP) is 6.25. The highest BCUT2D eigenvalue weighted by Gasteiger charge is 2.26. The van der Waals surface area contributed by atoms with E-state index < -0.39 is 12.1 Å². The number of pyridine rings is 1. The molecule has 8 heteroatoms. The second-order valence-electron chi connectivity index (χ2n) is 10.4. The van der Waals surface area contributed by atoms with Crippen LogP contribution in [0.1, 0.15) is 25.7 Å². The molecule has 40 heavy (non-hydrogen) atoms. The van der Waals surface area contributed by atoms with E-state index in [1.165, 1.54) is 5.69 Å². The molecule has 8 nitrogen and oxygen atoms in total. The molecule has 2 fully saturated rings. The van der Waals surface area contributed by atoms with Gasteiger partial charge in [-0.15, -0.1) is 0 Å². The van der Waals surface area contributed by atoms with Gasteiger partial charge in [0.2, 0.25) is 0 Å². The van der Waals surface area contributed by atoms with E-state index in [2.05, 4.69) is 51.6 Å². The van der Waals surface area contributed by atoms with Crippen molar-refractivity contribution in [1.29, 1.82) is 0 Å². The van der Waals surface area contributed by atoms with E-state index in [1.54, 1.807) is 6.07 Å². The van der Waals surface area contributed by atoms with Crippen molar-refractivity contribution in [3.63, 3.8) is 0 Å². The summed E-state index contributed by atoms with van der Waals surface area (Å²) in [5.74, 6) is -0.139. The van der Waals surface area contributed by atoms with Crippen molar-refractivity contribution in [3.05, 3.63) is 72.8 Å². The number of ether oxygens (including phenoxy) is 2. The molecular formula is C32H32N4O4. The molecule has 3 aromatic carbocycles. The first-order valence-corrected chi connectivity index (χ1v) is 13.8. The largest absolute Gasteiger partial charge is 0.419 e. The predicted molar refractivity (Wildman–Crippen MR) is 157 cm³/mol. The number of carbonyl (C=O) groups excluding carboxylic acids is 2. The van der Waals surface area contributed by atoms with Gasteiger partial charge in [0.25, 0.3) is 0 Å². The molecule has 0 radical (unpaired) electrons. The van der Waals surface area contributed by atoms with Crippen molar-refractivity contribution in [3.8, 4) is 22.3 Å². The SMILES string of the molecule is Nc1nc2ccc(-c3cccc(NC(=O)OC(=O)C4CCCC4)c3)cc2cc1-c1ccc(N2CCOCC2)cc1. The number of benzene rings is 3. The number of fused-ring (bicyclic) bond motifs is 1. The first kappa shape index (κ1) is 25.8. The Kier molecular flexibility index (Phi) is 7.33. The van der Waals surface area contributed by atoms with Crippen LogP contribution in [-0.4, -0.2) is 43.3 Å². The quantitative estimate of drug-likeness (QED) is 0.229. The zero-order valence-corrected chi connectivity index (χ0v) is 22.3. The number of esters is 1. The molecule has 204 valence electrons. The number of hydrogen-bond donors (Lipinski definition) is 2. The first-order chi connectivity index (χ1) is 19.5. The molecular weight excluding hydrogens is 504 g/mol. The summed E-state index contributed by atoms with van der Waals surface area (Å²) in [6.45, 7) is 3.26. The Hall–Kier alpha value is -4.43. The van der Waals surface area contributed by atoms with Gasteiger partial charge in [-0.25, -0.2) is 9.78 Å². The van der Waals surface area contributed by atoms with Crippen molar-refractivity contribution in [2.75, 3.05) is 42.3 Å². The minimum atomic E-state index is -0.753. The molecule has 2 aliphatic rings. The number of hydrogen-bond acceptors (Lipinski definition) is 7. The molecule has 1 saturated heterocycles. The van der Waals surface area contributed by atoms with Crippen LogP contribution in [0.5, 0.6) is 0 Å². The van der Waals surface area contributed by atoms with E-state index in [0.717, 1.165) is 85.1 Å². The van der Waals surface area contributed by atoms with E-state index in [1.807, 2.05) is 30.3 Å². The third-order valence-electron chi connectivity index (χ3n) is 7.72. The molecule has 1 aliphatic carbocycles. The van der Waals surface area contributed by atoms with Crippen LogP contribution >= 0.6 is 0 Å². The smallest absolute Gasteiger partial charge is 0.383 e. The number of morpholine rings is 1. The molecule has 0 unspecified atom stereocenters. The van der Waals surface area contributed by atoms with Gasteiger partial charge in [0.15, 0.2) is 0 Å². The summed E-state index contributed by atoms with van der Waals surface area (Å²) >= 11 is 0. The Labute approximate surface area is 233 Å². The molecule has 1 saturated carbocycles. The van der Waals surface area contributed by atoms with E-state index in [-0.39, 0.29) is 5.92 Å². The molecule has 1 aliphatic heterocycles. The fourth-order valence-corrected chi connectivity index (χ4v) is 5.53. The van der Waals surface area contributed by atoms with Crippen molar-refractivity contribution < 1.29 is 19.1 Å². The van der Waals surface area contributed by atoms with Gasteiger partial charge in [0, 0.05) is 35.4 Å². The Morgan fingerprint density at radius 3 is 2.40 bits per heavy atom. The topological polar surface area (TPSA) is 107 Å². The number of anilines is 3. The van der Waals surface area contributed by atoms with E-state index in [4.69, 9.17) is 15.2 Å². The van der Waals surface area contributed by atoms with Crippen molar-refractivity contribution in [1.82, 2.24) is 4.98 Å². The molecule has 0 atom stereocenters. The van der Waals surface area contributed by atoms with Crippen molar-refractivity contribution in [2.24, 2.45) is 5.92 Å². The van der Waals surface area contributed by atoms with Gasteiger partial charge in [-0.2, -0.15) is 0 Å². The molecule has 2 heterocycles. The lowest BCUT2D eigenvalue weighted by atomic mass is 9.99. The minimum Gasteiger partial charge on any atom is -0.383 e. The highest BCUT2D eigenvalue weighted by molar-refractivity contribution is 5.95. The zero-order chi connectivity index (χ0) is 27.5. The monoisotopic (exact) mass is 536 g/mol. The Morgan fingerprint density at radius 1 is 0.900 bits per heavy atom. The van der Waals surface area contributed by atoms with Gasteiger partial charge >= 0.3 is 12.1 Å². The second-order valence-corrected chi connectivity index (χ2v) is 10.4. The van der Waals surface area contributed by atoms with Gasteiger partial charge in [0.05, 0.1) is 24.6 Å². The molecule has 0 bridgehead atoms. The Morgan fingerprint density at radius 2 is 1.62 bits per heavy atom. The average Bonchev–Trinajstić information content (AvgIpc) is 3.53. The Bertz CT molecular complexity index is 1540. The van der Waals surface area contributed by atoms with Crippen LogP contribution in [0.4, 0.5) is 22.0 Å².